The molecule has 0 aromatic heterocycles. The molecule has 0 aliphatic heterocycles. The number of anilines is 1. The second-order valence-electron chi connectivity index (χ2n) is 3.07. The van der Waals surface area contributed by atoms with E-state index >= 15 is 0 Å². The maximum absolute atomic E-state index is 10.8. The van der Waals surface area contributed by atoms with Gasteiger partial charge in [-0.2, -0.15) is 0 Å². The maximum Gasteiger partial charge on any atom is 0.326 e. The number of carbonyl (C=O) groups is 1. The van der Waals surface area contributed by atoms with Crippen molar-refractivity contribution in [1.29, 1.82) is 0 Å². The molecule has 0 aliphatic rings. The zero-order valence-corrected chi connectivity index (χ0v) is 9.64. The van der Waals surface area contributed by atoms with Gasteiger partial charge in [0.25, 0.3) is 0 Å². The summed E-state index contributed by atoms with van der Waals surface area (Å²) in [7, 11) is 0. The number of nitrogens with one attached hydrogen (secondary N) is 1. The molecule has 1 atom stereocenters. The average Bonchev–Trinajstić information content (AvgIpc) is 2.19. The van der Waals surface area contributed by atoms with Crippen molar-refractivity contribution in [3.8, 4) is 0 Å². The standard InChI is InChI=1S/C10H11Cl2NO2/c1-2-9(10(14)15)13-6-3-4-7(11)8(12)5-6/h3-5,9,13H,2H2,1H3,(H,14,15). The van der Waals surface area contributed by atoms with Gasteiger partial charge in [-0.05, 0) is 24.6 Å². The molecule has 0 saturated heterocycles. The Hall–Kier alpha value is -0.930. The van der Waals surface area contributed by atoms with Crippen LogP contribution in [0.5, 0.6) is 0 Å². The molecule has 1 aromatic rings. The van der Waals surface area contributed by atoms with Crippen LogP contribution in [-0.2, 0) is 4.79 Å². The lowest BCUT2D eigenvalue weighted by Crippen LogP contribution is -2.28. The minimum atomic E-state index is -0.886. The Labute approximate surface area is 98.0 Å². The van der Waals surface area contributed by atoms with Crippen molar-refractivity contribution in [3.05, 3.63) is 28.2 Å². The highest BCUT2D eigenvalue weighted by Crippen LogP contribution is 2.25. The van der Waals surface area contributed by atoms with E-state index in [0.29, 0.717) is 22.2 Å². The van der Waals surface area contributed by atoms with E-state index in [1.165, 1.54) is 0 Å². The summed E-state index contributed by atoms with van der Waals surface area (Å²) in [6.07, 6.45) is 0.496. The third-order valence-electron chi connectivity index (χ3n) is 1.97. The van der Waals surface area contributed by atoms with E-state index in [0.717, 1.165) is 0 Å². The first kappa shape index (κ1) is 12.1. The Balaban J connectivity index is 2.80. The van der Waals surface area contributed by atoms with Crippen LogP contribution in [0.3, 0.4) is 0 Å². The van der Waals surface area contributed by atoms with Crippen molar-refractivity contribution in [2.24, 2.45) is 0 Å². The largest absolute Gasteiger partial charge is 0.480 e. The Kier molecular flexibility index (Phi) is 4.24. The summed E-state index contributed by atoms with van der Waals surface area (Å²) in [5.41, 5.74) is 0.652. The molecule has 1 unspecified atom stereocenters. The Bertz CT molecular complexity index is 368. The van der Waals surface area contributed by atoms with Crippen LogP contribution in [0.25, 0.3) is 0 Å². The van der Waals surface area contributed by atoms with Crippen molar-refractivity contribution >= 4 is 34.9 Å². The fourth-order valence-corrected chi connectivity index (χ4v) is 1.42. The predicted molar refractivity (Wildman–Crippen MR) is 61.8 cm³/mol. The first-order chi connectivity index (χ1) is 7.04. The lowest BCUT2D eigenvalue weighted by Gasteiger charge is -2.13. The Morgan fingerprint density at radius 1 is 1.47 bits per heavy atom. The van der Waals surface area contributed by atoms with Gasteiger partial charge >= 0.3 is 5.97 Å². The fourth-order valence-electron chi connectivity index (χ4n) is 1.13. The summed E-state index contributed by atoms with van der Waals surface area (Å²) >= 11 is 11.5. The van der Waals surface area contributed by atoms with E-state index in [2.05, 4.69) is 5.32 Å². The van der Waals surface area contributed by atoms with Crippen LogP contribution >= 0.6 is 23.2 Å². The molecule has 0 saturated carbocycles. The van der Waals surface area contributed by atoms with Gasteiger partial charge < -0.3 is 10.4 Å². The van der Waals surface area contributed by atoms with Gasteiger partial charge in [0, 0.05) is 5.69 Å². The number of hydrogen-bond donors (Lipinski definition) is 2. The quantitative estimate of drug-likeness (QED) is 0.859. The molecule has 1 aromatic carbocycles. The SMILES string of the molecule is CCC(Nc1ccc(Cl)c(Cl)c1)C(=O)O. The van der Waals surface area contributed by atoms with E-state index in [1.807, 2.05) is 0 Å². The summed E-state index contributed by atoms with van der Waals surface area (Å²) < 4.78 is 0. The van der Waals surface area contributed by atoms with Crippen molar-refractivity contribution in [3.63, 3.8) is 0 Å². The van der Waals surface area contributed by atoms with Crippen LogP contribution < -0.4 is 5.32 Å². The zero-order valence-electron chi connectivity index (χ0n) is 8.13. The molecule has 0 amide bonds. The van der Waals surface area contributed by atoms with Crippen molar-refractivity contribution < 1.29 is 9.90 Å². The predicted octanol–water partition coefficient (Wildman–Crippen LogP) is 3.27. The van der Waals surface area contributed by atoms with E-state index < -0.39 is 12.0 Å². The normalized spacial score (nSPS) is 12.2. The minimum absolute atomic E-state index is 0.405. The van der Waals surface area contributed by atoms with Crippen LogP contribution in [0.4, 0.5) is 5.69 Å². The third-order valence-corrected chi connectivity index (χ3v) is 2.71. The summed E-state index contributed by atoms with van der Waals surface area (Å²) in [5.74, 6) is -0.886. The van der Waals surface area contributed by atoms with Crippen molar-refractivity contribution in [2.45, 2.75) is 19.4 Å². The van der Waals surface area contributed by atoms with Gasteiger partial charge in [-0.3, -0.25) is 0 Å². The van der Waals surface area contributed by atoms with Gasteiger partial charge in [-0.1, -0.05) is 30.1 Å². The molecule has 2 N–H and O–H groups in total. The molecule has 0 spiro atoms. The third kappa shape index (κ3) is 3.29. The molecular formula is C10H11Cl2NO2. The van der Waals surface area contributed by atoms with Crippen LogP contribution in [0.1, 0.15) is 13.3 Å². The molecule has 0 radical (unpaired) electrons. The van der Waals surface area contributed by atoms with E-state index in [1.54, 1.807) is 25.1 Å². The molecule has 1 rings (SSSR count). The smallest absolute Gasteiger partial charge is 0.326 e. The van der Waals surface area contributed by atoms with Crippen LogP contribution in [0.2, 0.25) is 10.0 Å². The van der Waals surface area contributed by atoms with Gasteiger partial charge in [0.1, 0.15) is 6.04 Å². The number of halogens is 2. The summed E-state index contributed by atoms with van der Waals surface area (Å²) in [4.78, 5) is 10.8. The average molecular weight is 248 g/mol. The molecule has 0 bridgehead atoms. The van der Waals surface area contributed by atoms with Gasteiger partial charge in [-0.15, -0.1) is 0 Å². The van der Waals surface area contributed by atoms with Crippen molar-refractivity contribution in [2.75, 3.05) is 5.32 Å². The highest BCUT2D eigenvalue weighted by Gasteiger charge is 2.14. The molecule has 3 nitrogen and oxygen atoms in total. The minimum Gasteiger partial charge on any atom is -0.480 e. The van der Waals surface area contributed by atoms with Crippen LogP contribution in [0.15, 0.2) is 18.2 Å². The molecular weight excluding hydrogens is 237 g/mol. The van der Waals surface area contributed by atoms with E-state index in [4.69, 9.17) is 28.3 Å². The summed E-state index contributed by atoms with van der Waals surface area (Å²) in [6, 6.07) is 4.32. The monoisotopic (exact) mass is 247 g/mol. The fraction of sp³-hybridized carbons (Fsp3) is 0.300. The number of carboxylic acids is 1. The first-order valence-electron chi connectivity index (χ1n) is 4.49. The highest BCUT2D eigenvalue weighted by molar-refractivity contribution is 6.42. The van der Waals surface area contributed by atoms with Crippen LogP contribution in [0, 0.1) is 0 Å². The van der Waals surface area contributed by atoms with Gasteiger partial charge in [0.15, 0.2) is 0 Å². The number of rotatable bonds is 4. The highest BCUT2D eigenvalue weighted by atomic mass is 35.5. The number of aliphatic carboxylic acids is 1. The Morgan fingerprint density at radius 3 is 2.60 bits per heavy atom. The lowest BCUT2D eigenvalue weighted by atomic mass is 10.2. The second-order valence-corrected chi connectivity index (χ2v) is 3.89. The molecule has 15 heavy (non-hydrogen) atoms. The molecule has 82 valence electrons. The number of hydrogen-bond acceptors (Lipinski definition) is 2. The zero-order chi connectivity index (χ0) is 11.4. The number of carboxylic acid groups (broad SMARTS) is 1. The first-order valence-corrected chi connectivity index (χ1v) is 5.24. The number of benzene rings is 1. The van der Waals surface area contributed by atoms with Crippen LogP contribution in [-0.4, -0.2) is 17.1 Å². The summed E-state index contributed by atoms with van der Waals surface area (Å²) in [5, 5.41) is 12.5. The van der Waals surface area contributed by atoms with Gasteiger partial charge in [0.05, 0.1) is 10.0 Å². The molecule has 5 heteroatoms. The maximum atomic E-state index is 10.8. The van der Waals surface area contributed by atoms with Gasteiger partial charge in [-0.25, -0.2) is 4.79 Å². The van der Waals surface area contributed by atoms with E-state index in [9.17, 15) is 4.79 Å². The second kappa shape index (κ2) is 5.24. The van der Waals surface area contributed by atoms with Gasteiger partial charge in [0.2, 0.25) is 0 Å². The Morgan fingerprint density at radius 2 is 2.13 bits per heavy atom. The van der Waals surface area contributed by atoms with Crippen molar-refractivity contribution in [1.82, 2.24) is 0 Å². The summed E-state index contributed by atoms with van der Waals surface area (Å²) in [6.45, 7) is 1.79. The molecule has 0 heterocycles. The molecule has 0 fully saturated rings. The van der Waals surface area contributed by atoms with E-state index in [-0.39, 0.29) is 0 Å². The topological polar surface area (TPSA) is 49.3 Å². The lowest BCUT2D eigenvalue weighted by molar-refractivity contribution is -0.137. The molecule has 0 aliphatic carbocycles.